The van der Waals surface area contributed by atoms with Gasteiger partial charge in [-0.25, -0.2) is 0 Å². The monoisotopic (exact) mass is 350 g/mol. The minimum Gasteiger partial charge on any atom is -0.376 e. The van der Waals surface area contributed by atoms with E-state index in [1.807, 2.05) is 0 Å². The van der Waals surface area contributed by atoms with E-state index in [1.165, 1.54) is 4.68 Å². The third-order valence-electron chi connectivity index (χ3n) is 3.99. The second-order valence-corrected chi connectivity index (χ2v) is 5.79. The number of ether oxygens (including phenoxy) is 1. The molecule has 11 nitrogen and oxygen atoms in total. The fourth-order valence-electron chi connectivity index (χ4n) is 2.74. The molecule has 1 unspecified atom stereocenters. The van der Waals surface area contributed by atoms with Gasteiger partial charge in [-0.1, -0.05) is 5.16 Å². The van der Waals surface area contributed by atoms with Gasteiger partial charge in [-0.2, -0.15) is 10.1 Å². The highest BCUT2D eigenvalue weighted by molar-refractivity contribution is 5.89. The third-order valence-corrected chi connectivity index (χ3v) is 3.99. The van der Waals surface area contributed by atoms with Crippen molar-refractivity contribution in [3.8, 4) is 0 Å². The van der Waals surface area contributed by atoms with Gasteiger partial charge < -0.3 is 14.6 Å². The van der Waals surface area contributed by atoms with Gasteiger partial charge in [0.1, 0.15) is 17.9 Å². The first-order valence-electron chi connectivity index (χ1n) is 7.86. The van der Waals surface area contributed by atoms with Crippen molar-refractivity contribution in [3.05, 3.63) is 33.2 Å². The smallest absolute Gasteiger partial charge is 0.316 e. The number of aromatic nitrogens is 4. The highest BCUT2D eigenvalue weighted by Crippen LogP contribution is 2.22. The van der Waals surface area contributed by atoms with Crippen LogP contribution < -0.4 is 5.32 Å². The first kappa shape index (κ1) is 17.0. The Morgan fingerprint density at radius 1 is 1.48 bits per heavy atom. The van der Waals surface area contributed by atoms with Gasteiger partial charge in [0.05, 0.1) is 11.0 Å². The van der Waals surface area contributed by atoms with Crippen molar-refractivity contribution in [2.45, 2.75) is 39.3 Å². The van der Waals surface area contributed by atoms with E-state index in [9.17, 15) is 14.9 Å². The molecule has 0 saturated carbocycles. The minimum atomic E-state index is -0.478. The van der Waals surface area contributed by atoms with Crippen LogP contribution in [0.4, 0.5) is 5.69 Å². The quantitative estimate of drug-likeness (QED) is 0.595. The summed E-state index contributed by atoms with van der Waals surface area (Å²) in [4.78, 5) is 26.6. The first-order valence-corrected chi connectivity index (χ1v) is 7.86. The van der Waals surface area contributed by atoms with E-state index in [1.54, 1.807) is 13.8 Å². The van der Waals surface area contributed by atoms with Crippen LogP contribution in [0.25, 0.3) is 0 Å². The second-order valence-electron chi connectivity index (χ2n) is 5.79. The SMILES string of the molecule is Cc1nn(Cc2noc(C(=O)NCC3CCCO3)n2)c(C)c1[N+](=O)[O-]. The fraction of sp³-hybridized carbons (Fsp3) is 0.571. The normalized spacial score (nSPS) is 17.0. The lowest BCUT2D eigenvalue weighted by Crippen LogP contribution is -2.31. The maximum atomic E-state index is 12.0. The molecule has 25 heavy (non-hydrogen) atoms. The highest BCUT2D eigenvalue weighted by atomic mass is 16.6. The van der Waals surface area contributed by atoms with Gasteiger partial charge in [-0.05, 0) is 26.7 Å². The maximum absolute atomic E-state index is 12.0. The van der Waals surface area contributed by atoms with Gasteiger partial charge >= 0.3 is 17.5 Å². The zero-order valence-corrected chi connectivity index (χ0v) is 13.9. The van der Waals surface area contributed by atoms with Gasteiger partial charge in [0.2, 0.25) is 0 Å². The summed E-state index contributed by atoms with van der Waals surface area (Å²) in [7, 11) is 0. The molecule has 1 saturated heterocycles. The second kappa shape index (κ2) is 6.97. The number of nitro groups is 1. The molecule has 1 aliphatic heterocycles. The molecule has 1 amide bonds. The molecule has 3 heterocycles. The topological polar surface area (TPSA) is 138 Å². The zero-order chi connectivity index (χ0) is 18.0. The van der Waals surface area contributed by atoms with Crippen LogP contribution in [0.1, 0.15) is 40.7 Å². The number of carbonyl (C=O) groups is 1. The largest absolute Gasteiger partial charge is 0.376 e. The number of nitrogens with one attached hydrogen (secondary N) is 1. The van der Waals surface area contributed by atoms with Crippen LogP contribution in [0.2, 0.25) is 0 Å². The predicted octanol–water partition coefficient (Wildman–Crippen LogP) is 0.748. The maximum Gasteiger partial charge on any atom is 0.316 e. The summed E-state index contributed by atoms with van der Waals surface area (Å²) in [6.07, 6.45) is 1.91. The van der Waals surface area contributed by atoms with Gasteiger partial charge in [-0.3, -0.25) is 19.6 Å². The molecule has 1 atom stereocenters. The predicted molar refractivity (Wildman–Crippen MR) is 83.1 cm³/mol. The number of carbonyl (C=O) groups excluding carboxylic acids is 1. The van der Waals surface area contributed by atoms with Crippen LogP contribution in [0.3, 0.4) is 0 Å². The van der Waals surface area contributed by atoms with Crippen molar-refractivity contribution >= 4 is 11.6 Å². The van der Waals surface area contributed by atoms with Crippen LogP contribution in [0, 0.1) is 24.0 Å². The van der Waals surface area contributed by atoms with Gasteiger partial charge in [0, 0.05) is 13.2 Å². The standard InChI is InChI=1S/C14H18N6O5/c1-8-12(20(22)23)9(2)19(17-8)7-11-16-14(25-18-11)13(21)15-6-10-4-3-5-24-10/h10H,3-7H2,1-2H3,(H,15,21). The molecule has 1 N–H and O–H groups in total. The van der Waals surface area contributed by atoms with Crippen molar-refractivity contribution in [1.82, 2.24) is 25.2 Å². The summed E-state index contributed by atoms with van der Waals surface area (Å²) in [5.74, 6) is -0.430. The van der Waals surface area contributed by atoms with Gasteiger partial charge in [0.15, 0.2) is 5.82 Å². The van der Waals surface area contributed by atoms with E-state index < -0.39 is 10.8 Å². The highest BCUT2D eigenvalue weighted by Gasteiger charge is 2.24. The van der Waals surface area contributed by atoms with Crippen molar-refractivity contribution in [2.75, 3.05) is 13.2 Å². The molecule has 0 aromatic carbocycles. The molecular weight excluding hydrogens is 332 g/mol. The average molecular weight is 350 g/mol. The summed E-state index contributed by atoms with van der Waals surface area (Å²) in [5.41, 5.74) is 0.648. The lowest BCUT2D eigenvalue weighted by molar-refractivity contribution is -0.386. The number of nitrogens with zero attached hydrogens (tertiary/aromatic N) is 5. The number of aryl methyl sites for hydroxylation is 1. The number of hydrogen-bond donors (Lipinski definition) is 1. The van der Waals surface area contributed by atoms with Gasteiger partial charge in [-0.15, -0.1) is 0 Å². The molecule has 0 bridgehead atoms. The minimum absolute atomic E-state index is 0.0154. The third kappa shape index (κ3) is 3.65. The number of hydrogen-bond acceptors (Lipinski definition) is 8. The van der Waals surface area contributed by atoms with Gasteiger partial charge in [0.25, 0.3) is 0 Å². The van der Waals surface area contributed by atoms with Crippen LogP contribution in [0.5, 0.6) is 0 Å². The lowest BCUT2D eigenvalue weighted by atomic mass is 10.2. The molecule has 134 valence electrons. The summed E-state index contributed by atoms with van der Waals surface area (Å²) in [6.45, 7) is 4.32. The number of rotatable bonds is 6. The first-order chi connectivity index (χ1) is 12.0. The van der Waals surface area contributed by atoms with Crippen molar-refractivity contribution < 1.29 is 19.0 Å². The van der Waals surface area contributed by atoms with Crippen molar-refractivity contribution in [2.24, 2.45) is 0 Å². The zero-order valence-electron chi connectivity index (χ0n) is 13.9. The van der Waals surface area contributed by atoms with E-state index >= 15 is 0 Å². The lowest BCUT2D eigenvalue weighted by Gasteiger charge is -2.08. The molecule has 2 aromatic rings. The molecule has 3 rings (SSSR count). The van der Waals surface area contributed by atoms with Crippen LogP contribution in [0.15, 0.2) is 4.52 Å². The van der Waals surface area contributed by atoms with Crippen LogP contribution in [-0.2, 0) is 11.3 Å². The Morgan fingerprint density at radius 2 is 2.28 bits per heavy atom. The summed E-state index contributed by atoms with van der Waals surface area (Å²) in [5, 5.41) is 21.5. The van der Waals surface area contributed by atoms with Crippen LogP contribution in [-0.4, -0.2) is 50.0 Å². The average Bonchev–Trinajstić information content (AvgIpc) is 3.27. The summed E-state index contributed by atoms with van der Waals surface area (Å²) in [6, 6.07) is 0. The number of amides is 1. The molecule has 0 radical (unpaired) electrons. The summed E-state index contributed by atoms with van der Waals surface area (Å²) >= 11 is 0. The Kier molecular flexibility index (Phi) is 4.74. The molecular formula is C14H18N6O5. The Balaban J connectivity index is 1.64. The van der Waals surface area contributed by atoms with E-state index in [4.69, 9.17) is 9.26 Å². The van der Waals surface area contributed by atoms with E-state index in [-0.39, 0.29) is 30.1 Å². The van der Waals surface area contributed by atoms with E-state index in [0.717, 1.165) is 12.8 Å². The molecule has 0 aliphatic carbocycles. The molecule has 1 aliphatic rings. The molecule has 11 heteroatoms. The summed E-state index contributed by atoms with van der Waals surface area (Å²) < 4.78 is 11.8. The fourth-order valence-corrected chi connectivity index (χ4v) is 2.74. The molecule has 2 aromatic heterocycles. The molecule has 0 spiro atoms. The Bertz CT molecular complexity index is 792. The Morgan fingerprint density at radius 3 is 2.92 bits per heavy atom. The van der Waals surface area contributed by atoms with E-state index in [0.29, 0.717) is 24.5 Å². The van der Waals surface area contributed by atoms with E-state index in [2.05, 4.69) is 20.6 Å². The molecule has 1 fully saturated rings. The van der Waals surface area contributed by atoms with Crippen molar-refractivity contribution in [1.29, 1.82) is 0 Å². The van der Waals surface area contributed by atoms with Crippen LogP contribution >= 0.6 is 0 Å². The Hall–Kier alpha value is -2.82. The Labute approximate surface area is 142 Å². The van der Waals surface area contributed by atoms with Crippen molar-refractivity contribution in [3.63, 3.8) is 0 Å².